The normalized spacial score (nSPS) is 25.0. The predicted molar refractivity (Wildman–Crippen MR) is 90.7 cm³/mol. The largest absolute Gasteiger partial charge is 0.442 e. The molecule has 12 heteroatoms. The van der Waals surface area contributed by atoms with Crippen molar-refractivity contribution in [1.82, 2.24) is 19.4 Å². The van der Waals surface area contributed by atoms with E-state index < -0.39 is 33.1 Å². The lowest BCUT2D eigenvalue weighted by atomic mass is 10.2. The standard InChI is InChI=1S/C16H19F3N4O4S/c17-16(18,19)14-7-10(20-21-14)13-3-4-15(27-13)28(25,26)23-8-11(12(24)9-23)22-5-1-2-6-22/h3-4,7,11-12,24H,1-2,5-6,8-9H2,(H,20,21)/t11-,12-/m0/s1. The van der Waals surface area contributed by atoms with Gasteiger partial charge < -0.3 is 9.52 Å². The van der Waals surface area contributed by atoms with Crippen molar-refractivity contribution < 1.29 is 31.1 Å². The fourth-order valence-corrected chi connectivity index (χ4v) is 5.07. The Morgan fingerprint density at radius 3 is 2.57 bits per heavy atom. The van der Waals surface area contributed by atoms with Crippen LogP contribution < -0.4 is 0 Å². The van der Waals surface area contributed by atoms with Gasteiger partial charge in [0.25, 0.3) is 10.0 Å². The smallest absolute Gasteiger partial charge is 0.432 e. The number of nitrogens with one attached hydrogen (secondary N) is 1. The lowest BCUT2D eigenvalue weighted by Crippen LogP contribution is -2.41. The third kappa shape index (κ3) is 3.45. The Labute approximate surface area is 159 Å². The van der Waals surface area contributed by atoms with Crippen molar-refractivity contribution in [2.24, 2.45) is 0 Å². The molecule has 28 heavy (non-hydrogen) atoms. The zero-order valence-corrected chi connectivity index (χ0v) is 15.5. The number of rotatable bonds is 4. The number of sulfonamides is 1. The van der Waals surface area contributed by atoms with Gasteiger partial charge in [0.2, 0.25) is 5.09 Å². The molecule has 2 aromatic rings. The van der Waals surface area contributed by atoms with Crippen LogP contribution >= 0.6 is 0 Å². The lowest BCUT2D eigenvalue weighted by molar-refractivity contribution is -0.141. The number of H-pyrrole nitrogens is 1. The van der Waals surface area contributed by atoms with Crippen molar-refractivity contribution in [2.45, 2.75) is 36.3 Å². The van der Waals surface area contributed by atoms with E-state index in [1.165, 1.54) is 12.1 Å². The quantitative estimate of drug-likeness (QED) is 0.778. The van der Waals surface area contributed by atoms with Crippen LogP contribution in [-0.4, -0.2) is 71.3 Å². The first-order valence-electron chi connectivity index (χ1n) is 8.81. The zero-order chi connectivity index (χ0) is 20.1. The third-order valence-electron chi connectivity index (χ3n) is 5.15. The van der Waals surface area contributed by atoms with E-state index in [1.807, 2.05) is 5.10 Å². The first-order chi connectivity index (χ1) is 13.2. The lowest BCUT2D eigenvalue weighted by Gasteiger charge is -2.25. The summed E-state index contributed by atoms with van der Waals surface area (Å²) >= 11 is 0. The zero-order valence-electron chi connectivity index (χ0n) is 14.7. The monoisotopic (exact) mass is 420 g/mol. The molecular weight excluding hydrogens is 401 g/mol. The number of hydrogen-bond donors (Lipinski definition) is 2. The molecule has 2 aliphatic heterocycles. The molecule has 4 heterocycles. The van der Waals surface area contributed by atoms with E-state index in [-0.39, 0.29) is 30.6 Å². The molecule has 2 fully saturated rings. The minimum atomic E-state index is -4.59. The molecule has 4 rings (SSSR count). The van der Waals surface area contributed by atoms with Crippen LogP contribution in [0.1, 0.15) is 18.5 Å². The van der Waals surface area contributed by atoms with Gasteiger partial charge in [0.15, 0.2) is 5.76 Å². The predicted octanol–water partition coefficient (Wildman–Crippen LogP) is 1.52. The Hall–Kier alpha value is -1.89. The molecule has 2 saturated heterocycles. The Morgan fingerprint density at radius 2 is 1.93 bits per heavy atom. The summed E-state index contributed by atoms with van der Waals surface area (Å²) in [6, 6.07) is 2.92. The van der Waals surface area contributed by atoms with Gasteiger partial charge in [0.05, 0.1) is 12.1 Å². The Kier molecular flexibility index (Phi) is 4.76. The van der Waals surface area contributed by atoms with E-state index in [2.05, 4.69) is 10.00 Å². The van der Waals surface area contributed by atoms with Crippen LogP contribution in [0.5, 0.6) is 0 Å². The van der Waals surface area contributed by atoms with Gasteiger partial charge in [-0.05, 0) is 44.1 Å². The van der Waals surface area contributed by atoms with Crippen molar-refractivity contribution in [3.8, 4) is 11.5 Å². The minimum Gasteiger partial charge on any atom is -0.442 e. The average molecular weight is 420 g/mol. The second-order valence-electron chi connectivity index (χ2n) is 6.98. The fourth-order valence-electron chi connectivity index (χ4n) is 3.68. The molecule has 0 radical (unpaired) electrons. The topological polar surface area (TPSA) is 103 Å². The molecule has 0 amide bonds. The van der Waals surface area contributed by atoms with Crippen LogP contribution in [0, 0.1) is 0 Å². The highest BCUT2D eigenvalue weighted by atomic mass is 32.2. The van der Waals surface area contributed by atoms with E-state index in [1.54, 1.807) is 0 Å². The summed E-state index contributed by atoms with van der Waals surface area (Å²) in [6.45, 7) is 1.72. The summed E-state index contributed by atoms with van der Waals surface area (Å²) in [5.41, 5.74) is -1.20. The molecule has 2 aromatic heterocycles. The van der Waals surface area contributed by atoms with E-state index in [9.17, 15) is 26.7 Å². The molecule has 0 spiro atoms. The number of aromatic nitrogens is 2. The maximum absolute atomic E-state index is 12.8. The second-order valence-corrected chi connectivity index (χ2v) is 8.85. The first-order valence-corrected chi connectivity index (χ1v) is 10.3. The summed E-state index contributed by atoms with van der Waals surface area (Å²) in [5.74, 6) is -0.0961. The minimum absolute atomic E-state index is 0.0554. The summed E-state index contributed by atoms with van der Waals surface area (Å²) in [4.78, 5) is 2.08. The molecule has 0 aliphatic carbocycles. The highest BCUT2D eigenvalue weighted by Crippen LogP contribution is 2.32. The second kappa shape index (κ2) is 6.87. The number of hydrogen-bond acceptors (Lipinski definition) is 6. The maximum atomic E-state index is 12.8. The molecule has 0 unspecified atom stereocenters. The number of nitrogens with zero attached hydrogens (tertiary/aromatic N) is 3. The molecule has 2 atom stereocenters. The van der Waals surface area contributed by atoms with Crippen LogP contribution in [0.25, 0.3) is 11.5 Å². The molecule has 0 aromatic carbocycles. The number of β-amino-alcohol motifs (C(OH)–C–C–N with tert-alkyl or cyclic N) is 1. The van der Waals surface area contributed by atoms with Crippen LogP contribution in [0.4, 0.5) is 13.2 Å². The van der Waals surface area contributed by atoms with Gasteiger partial charge in [-0.15, -0.1) is 0 Å². The Bertz CT molecular complexity index is 949. The van der Waals surface area contributed by atoms with Gasteiger partial charge in [-0.2, -0.15) is 22.6 Å². The first kappa shape index (κ1) is 19.4. The molecule has 154 valence electrons. The van der Waals surface area contributed by atoms with Gasteiger partial charge in [0.1, 0.15) is 11.4 Å². The molecule has 8 nitrogen and oxygen atoms in total. The van der Waals surface area contributed by atoms with E-state index >= 15 is 0 Å². The van der Waals surface area contributed by atoms with E-state index in [0.717, 1.165) is 36.3 Å². The van der Waals surface area contributed by atoms with Gasteiger partial charge in [0, 0.05) is 13.1 Å². The number of furan rings is 1. The number of aromatic amines is 1. The molecular formula is C16H19F3N4O4S. The average Bonchev–Trinajstić information content (AvgIpc) is 3.38. The number of aliphatic hydroxyl groups excluding tert-OH is 1. The number of halogens is 3. The summed E-state index contributed by atoms with van der Waals surface area (Å²) in [5, 5.41) is 15.3. The van der Waals surface area contributed by atoms with E-state index in [0.29, 0.717) is 0 Å². The fraction of sp³-hybridized carbons (Fsp3) is 0.562. The molecule has 0 bridgehead atoms. The number of aliphatic hydroxyl groups is 1. The van der Waals surface area contributed by atoms with Gasteiger partial charge >= 0.3 is 6.18 Å². The van der Waals surface area contributed by atoms with Gasteiger partial charge in [-0.25, -0.2) is 8.42 Å². The summed E-state index contributed by atoms with van der Waals surface area (Å²) in [7, 11) is -4.02. The number of alkyl halides is 3. The van der Waals surface area contributed by atoms with Crippen LogP contribution in [0.3, 0.4) is 0 Å². The van der Waals surface area contributed by atoms with Gasteiger partial charge in [-0.1, -0.05) is 0 Å². The molecule has 2 aliphatic rings. The third-order valence-corrected chi connectivity index (χ3v) is 6.85. The van der Waals surface area contributed by atoms with Crippen LogP contribution in [0.2, 0.25) is 0 Å². The van der Waals surface area contributed by atoms with Crippen LogP contribution in [-0.2, 0) is 16.2 Å². The van der Waals surface area contributed by atoms with Crippen molar-refractivity contribution >= 4 is 10.0 Å². The van der Waals surface area contributed by atoms with E-state index in [4.69, 9.17) is 4.42 Å². The van der Waals surface area contributed by atoms with Crippen molar-refractivity contribution in [3.63, 3.8) is 0 Å². The summed E-state index contributed by atoms with van der Waals surface area (Å²) in [6.07, 6.45) is -3.37. The summed E-state index contributed by atoms with van der Waals surface area (Å²) < 4.78 is 70.2. The van der Waals surface area contributed by atoms with Crippen molar-refractivity contribution in [1.29, 1.82) is 0 Å². The highest BCUT2D eigenvalue weighted by Gasteiger charge is 2.43. The Morgan fingerprint density at radius 1 is 1.21 bits per heavy atom. The van der Waals surface area contributed by atoms with Crippen molar-refractivity contribution in [3.05, 3.63) is 23.9 Å². The molecule has 2 N–H and O–H groups in total. The number of likely N-dealkylation sites (tertiary alicyclic amines) is 1. The highest BCUT2D eigenvalue weighted by molar-refractivity contribution is 7.89. The molecule has 0 saturated carbocycles. The maximum Gasteiger partial charge on any atom is 0.432 e. The Balaban J connectivity index is 1.53. The van der Waals surface area contributed by atoms with Crippen LogP contribution in [0.15, 0.2) is 27.7 Å². The van der Waals surface area contributed by atoms with Gasteiger partial charge in [-0.3, -0.25) is 10.00 Å². The SMILES string of the molecule is O=S(=O)(c1ccc(-c2cc(C(F)(F)F)[nH]n2)o1)N1C[C@H](O)[C@@H](N2CCCC2)C1. The van der Waals surface area contributed by atoms with Crippen molar-refractivity contribution in [2.75, 3.05) is 26.2 Å².